The summed E-state index contributed by atoms with van der Waals surface area (Å²) in [5.74, 6) is -0.858. The lowest BCUT2D eigenvalue weighted by Crippen LogP contribution is -2.20. The van der Waals surface area contributed by atoms with E-state index < -0.39 is 5.76 Å². The smallest absolute Gasteiger partial charge is 0.408 e. The van der Waals surface area contributed by atoms with Gasteiger partial charge in [0.1, 0.15) is 4.34 Å². The van der Waals surface area contributed by atoms with Crippen LogP contribution in [0.25, 0.3) is 11.1 Å². The number of carbonyl (C=O) groups excluding carboxylic acids is 1. The van der Waals surface area contributed by atoms with Crippen LogP contribution in [0, 0.1) is 0 Å². The average Bonchev–Trinajstić information content (AvgIpc) is 2.90. The molecule has 0 aliphatic heterocycles. The second-order valence-corrected chi connectivity index (χ2v) is 6.37. The Kier molecular flexibility index (Phi) is 3.41. The monoisotopic (exact) mass is 327 g/mol. The van der Waals surface area contributed by atoms with E-state index in [1.165, 1.54) is 10.6 Å². The number of aromatic nitrogens is 1. The second kappa shape index (κ2) is 5.09. The van der Waals surface area contributed by atoms with Crippen LogP contribution in [0.2, 0.25) is 8.67 Å². The minimum absolute atomic E-state index is 0.136. The molecule has 0 spiro atoms. The van der Waals surface area contributed by atoms with E-state index in [-0.39, 0.29) is 12.3 Å². The minimum Gasteiger partial charge on any atom is -0.408 e. The molecule has 0 radical (unpaired) electrons. The number of benzene rings is 1. The maximum atomic E-state index is 12.2. The molecule has 2 aromatic heterocycles. The van der Waals surface area contributed by atoms with Gasteiger partial charge >= 0.3 is 5.76 Å². The van der Waals surface area contributed by atoms with Crippen molar-refractivity contribution in [3.63, 3.8) is 0 Å². The molecule has 0 aliphatic carbocycles. The molecule has 0 aliphatic rings. The molecule has 0 saturated heterocycles. The Bertz CT molecular complexity index is 862. The van der Waals surface area contributed by atoms with Gasteiger partial charge in [0.25, 0.3) is 0 Å². The molecule has 2 heterocycles. The second-order valence-electron chi connectivity index (χ2n) is 4.08. The fourth-order valence-electron chi connectivity index (χ4n) is 1.92. The van der Waals surface area contributed by atoms with Gasteiger partial charge < -0.3 is 4.42 Å². The fourth-order valence-corrected chi connectivity index (χ4v) is 3.42. The van der Waals surface area contributed by atoms with Gasteiger partial charge in [0.2, 0.25) is 0 Å². The van der Waals surface area contributed by atoms with E-state index in [0.717, 1.165) is 11.3 Å². The van der Waals surface area contributed by atoms with Crippen molar-refractivity contribution in [1.29, 1.82) is 0 Å². The predicted octanol–water partition coefficient (Wildman–Crippen LogP) is 3.85. The number of thiophene rings is 1. The number of para-hydroxylation sites is 2. The molecule has 0 N–H and O–H groups in total. The van der Waals surface area contributed by atoms with E-state index >= 15 is 0 Å². The molecule has 20 heavy (non-hydrogen) atoms. The van der Waals surface area contributed by atoms with E-state index in [4.69, 9.17) is 27.6 Å². The number of carbonyl (C=O) groups is 1. The SMILES string of the molecule is O=C(Cn1c(=O)oc2ccccc21)c1cc(Cl)sc1Cl. The quantitative estimate of drug-likeness (QED) is 0.686. The van der Waals surface area contributed by atoms with Crippen molar-refractivity contribution in [3.05, 3.63) is 55.1 Å². The Labute approximate surface area is 127 Å². The highest BCUT2D eigenvalue weighted by Gasteiger charge is 2.18. The van der Waals surface area contributed by atoms with Crippen LogP contribution >= 0.6 is 34.5 Å². The van der Waals surface area contributed by atoms with E-state index in [2.05, 4.69) is 0 Å². The standard InChI is InChI=1S/C13H7Cl2NO3S/c14-11-5-7(12(15)20-11)9(17)6-16-8-3-1-2-4-10(8)19-13(16)18/h1-5H,6H2. The number of hydrogen-bond acceptors (Lipinski definition) is 4. The van der Waals surface area contributed by atoms with E-state index in [1.807, 2.05) is 0 Å². The number of hydrogen-bond donors (Lipinski definition) is 0. The summed E-state index contributed by atoms with van der Waals surface area (Å²) in [5, 5.41) is 0. The van der Waals surface area contributed by atoms with Crippen molar-refractivity contribution in [2.45, 2.75) is 6.54 Å². The van der Waals surface area contributed by atoms with Gasteiger partial charge in [0.05, 0.1) is 22.0 Å². The van der Waals surface area contributed by atoms with Gasteiger partial charge in [-0.2, -0.15) is 0 Å². The van der Waals surface area contributed by atoms with E-state index in [1.54, 1.807) is 24.3 Å². The van der Waals surface area contributed by atoms with E-state index in [0.29, 0.717) is 25.3 Å². The Balaban J connectivity index is 2.01. The molecule has 3 rings (SSSR count). The van der Waals surface area contributed by atoms with Crippen LogP contribution in [0.1, 0.15) is 10.4 Å². The van der Waals surface area contributed by atoms with Crippen LogP contribution in [0.15, 0.2) is 39.5 Å². The molecule has 0 fully saturated rings. The van der Waals surface area contributed by atoms with Crippen molar-refractivity contribution in [3.8, 4) is 0 Å². The Morgan fingerprint density at radius 1 is 1.30 bits per heavy atom. The summed E-state index contributed by atoms with van der Waals surface area (Å²) in [6.45, 7) is -0.136. The topological polar surface area (TPSA) is 52.2 Å². The maximum Gasteiger partial charge on any atom is 0.420 e. The molecular formula is C13H7Cl2NO3S. The molecule has 4 nitrogen and oxygen atoms in total. The number of rotatable bonds is 3. The maximum absolute atomic E-state index is 12.2. The third-order valence-electron chi connectivity index (χ3n) is 2.83. The zero-order valence-corrected chi connectivity index (χ0v) is 12.3. The largest absolute Gasteiger partial charge is 0.420 e. The van der Waals surface area contributed by atoms with Crippen molar-refractivity contribution in [1.82, 2.24) is 4.57 Å². The van der Waals surface area contributed by atoms with Crippen LogP contribution in [-0.2, 0) is 6.54 Å². The zero-order chi connectivity index (χ0) is 14.3. The highest BCUT2D eigenvalue weighted by atomic mass is 35.5. The number of halogens is 2. The number of nitrogens with zero attached hydrogens (tertiary/aromatic N) is 1. The van der Waals surface area contributed by atoms with Crippen molar-refractivity contribution >= 4 is 51.4 Å². The lowest BCUT2D eigenvalue weighted by Gasteiger charge is -2.00. The first-order valence-electron chi connectivity index (χ1n) is 5.62. The summed E-state index contributed by atoms with van der Waals surface area (Å²) in [6.07, 6.45) is 0. The first-order chi connectivity index (χ1) is 9.56. The van der Waals surface area contributed by atoms with Crippen LogP contribution in [-0.4, -0.2) is 10.4 Å². The van der Waals surface area contributed by atoms with Crippen LogP contribution in [0.4, 0.5) is 0 Å². The number of ketones is 1. The van der Waals surface area contributed by atoms with Crippen LogP contribution < -0.4 is 5.76 Å². The van der Waals surface area contributed by atoms with Crippen LogP contribution in [0.3, 0.4) is 0 Å². The number of oxazole rings is 1. The molecule has 3 aromatic rings. The normalized spacial score (nSPS) is 11.1. The van der Waals surface area contributed by atoms with Gasteiger partial charge in [-0.15, -0.1) is 11.3 Å². The van der Waals surface area contributed by atoms with Crippen molar-refractivity contribution < 1.29 is 9.21 Å². The summed E-state index contributed by atoms with van der Waals surface area (Å²) >= 11 is 12.9. The Morgan fingerprint density at radius 3 is 2.75 bits per heavy atom. The molecule has 0 unspecified atom stereocenters. The van der Waals surface area contributed by atoms with Gasteiger partial charge in [-0.3, -0.25) is 9.36 Å². The highest BCUT2D eigenvalue weighted by Crippen LogP contribution is 2.31. The lowest BCUT2D eigenvalue weighted by atomic mass is 10.2. The molecule has 0 saturated carbocycles. The highest BCUT2D eigenvalue weighted by molar-refractivity contribution is 7.20. The lowest BCUT2D eigenvalue weighted by molar-refractivity contribution is 0.0971. The zero-order valence-electron chi connectivity index (χ0n) is 9.93. The first-order valence-corrected chi connectivity index (χ1v) is 7.20. The molecule has 0 bridgehead atoms. The van der Waals surface area contributed by atoms with Gasteiger partial charge in [0, 0.05) is 0 Å². The average molecular weight is 328 g/mol. The summed E-state index contributed by atoms with van der Waals surface area (Å²) < 4.78 is 7.10. The number of Topliss-reactive ketones (excluding diaryl/α,β-unsaturated/α-hetero) is 1. The minimum atomic E-state index is -0.572. The van der Waals surface area contributed by atoms with Gasteiger partial charge in [-0.1, -0.05) is 35.3 Å². The molecule has 7 heteroatoms. The molecular weight excluding hydrogens is 321 g/mol. The predicted molar refractivity (Wildman–Crippen MR) is 79.1 cm³/mol. The summed E-state index contributed by atoms with van der Waals surface area (Å²) in [5.41, 5.74) is 1.34. The fraction of sp³-hybridized carbons (Fsp3) is 0.0769. The van der Waals surface area contributed by atoms with Crippen molar-refractivity contribution in [2.75, 3.05) is 0 Å². The van der Waals surface area contributed by atoms with Gasteiger partial charge in [-0.25, -0.2) is 4.79 Å². The van der Waals surface area contributed by atoms with Gasteiger partial charge in [0.15, 0.2) is 11.4 Å². The summed E-state index contributed by atoms with van der Waals surface area (Å²) in [7, 11) is 0. The molecule has 1 aromatic carbocycles. The number of fused-ring (bicyclic) bond motifs is 1. The Hall–Kier alpha value is -1.56. The first kappa shape index (κ1) is 13.4. The Morgan fingerprint density at radius 2 is 2.05 bits per heavy atom. The molecule has 0 atom stereocenters. The molecule has 0 amide bonds. The third-order valence-corrected chi connectivity index (χ3v) is 4.32. The van der Waals surface area contributed by atoms with E-state index in [9.17, 15) is 9.59 Å². The van der Waals surface area contributed by atoms with Crippen molar-refractivity contribution in [2.24, 2.45) is 0 Å². The van der Waals surface area contributed by atoms with Gasteiger partial charge in [-0.05, 0) is 18.2 Å². The summed E-state index contributed by atoms with van der Waals surface area (Å²) in [6, 6.07) is 8.42. The third kappa shape index (κ3) is 2.28. The van der Waals surface area contributed by atoms with Crippen LogP contribution in [0.5, 0.6) is 0 Å². The molecule has 102 valence electrons. The summed E-state index contributed by atoms with van der Waals surface area (Å²) in [4.78, 5) is 24.0.